The number of nitrogens with zero attached hydrogens (tertiary/aromatic N) is 5. The van der Waals surface area contributed by atoms with Gasteiger partial charge in [-0.2, -0.15) is 10.4 Å². The second-order valence-electron chi connectivity index (χ2n) is 2.91. The molecule has 2 aromatic heterocycles. The van der Waals surface area contributed by atoms with Crippen molar-refractivity contribution < 1.29 is 0 Å². The van der Waals surface area contributed by atoms with Gasteiger partial charge in [-0.15, -0.1) is 0 Å². The molecule has 0 amide bonds. The van der Waals surface area contributed by atoms with Crippen molar-refractivity contribution in [1.29, 1.82) is 5.26 Å². The number of halogens is 1. The van der Waals surface area contributed by atoms with Crippen LogP contribution in [0.5, 0.6) is 0 Å². The van der Waals surface area contributed by atoms with Crippen LogP contribution in [0.1, 0.15) is 5.56 Å². The maximum atomic E-state index is 8.65. The van der Waals surface area contributed by atoms with Crippen molar-refractivity contribution in [2.45, 2.75) is 0 Å². The zero-order valence-electron chi connectivity index (χ0n) is 7.85. The first kappa shape index (κ1) is 9.62. The highest BCUT2D eigenvalue weighted by atomic mass is 35.5. The van der Waals surface area contributed by atoms with E-state index in [1.54, 1.807) is 24.1 Å². The van der Waals surface area contributed by atoms with E-state index in [0.29, 0.717) is 5.82 Å². The van der Waals surface area contributed by atoms with E-state index < -0.39 is 0 Å². The molecule has 0 bridgehead atoms. The highest BCUT2D eigenvalue weighted by Gasteiger charge is 2.07. The normalized spacial score (nSPS) is 9.93. The lowest BCUT2D eigenvalue weighted by Crippen LogP contribution is -1.91. The van der Waals surface area contributed by atoms with Crippen LogP contribution in [0.3, 0.4) is 0 Å². The van der Waals surface area contributed by atoms with Gasteiger partial charge in [0.05, 0.1) is 18.0 Å². The predicted octanol–water partition coefficient (Wildman–Crippen LogP) is 1.40. The number of hydrogen-bond acceptors (Lipinski definition) is 4. The molecular weight excluding hydrogens is 214 g/mol. The Morgan fingerprint density at radius 1 is 1.47 bits per heavy atom. The Bertz CT molecular complexity index is 540. The van der Waals surface area contributed by atoms with Crippen molar-refractivity contribution >= 4 is 11.6 Å². The number of aromatic nitrogens is 4. The quantitative estimate of drug-likeness (QED) is 0.680. The first-order chi connectivity index (χ1) is 7.20. The first-order valence-corrected chi connectivity index (χ1v) is 4.50. The largest absolute Gasteiger partial charge is 0.275 e. The van der Waals surface area contributed by atoms with Crippen LogP contribution in [0, 0.1) is 11.3 Å². The van der Waals surface area contributed by atoms with Crippen LogP contribution < -0.4 is 0 Å². The molecule has 2 aromatic rings. The average Bonchev–Trinajstić information content (AvgIpc) is 2.65. The van der Waals surface area contributed by atoms with Gasteiger partial charge in [0.2, 0.25) is 0 Å². The van der Waals surface area contributed by atoms with Crippen molar-refractivity contribution in [3.05, 3.63) is 29.3 Å². The molecule has 2 heterocycles. The summed E-state index contributed by atoms with van der Waals surface area (Å²) in [7, 11) is 1.80. The highest BCUT2D eigenvalue weighted by molar-refractivity contribution is 6.30. The van der Waals surface area contributed by atoms with E-state index in [2.05, 4.69) is 15.1 Å². The molecule has 0 radical (unpaired) electrons. The average molecular weight is 220 g/mol. The van der Waals surface area contributed by atoms with Gasteiger partial charge in [0.15, 0.2) is 11.0 Å². The van der Waals surface area contributed by atoms with Crippen molar-refractivity contribution in [1.82, 2.24) is 19.7 Å². The second kappa shape index (κ2) is 3.67. The Balaban J connectivity index is 2.48. The van der Waals surface area contributed by atoms with Gasteiger partial charge < -0.3 is 0 Å². The Kier molecular flexibility index (Phi) is 2.35. The predicted molar refractivity (Wildman–Crippen MR) is 54.0 cm³/mol. The van der Waals surface area contributed by atoms with Gasteiger partial charge in [0.25, 0.3) is 0 Å². The van der Waals surface area contributed by atoms with Crippen molar-refractivity contribution in [2.75, 3.05) is 0 Å². The first-order valence-electron chi connectivity index (χ1n) is 4.12. The molecule has 2 rings (SSSR count). The summed E-state index contributed by atoms with van der Waals surface area (Å²) in [5.41, 5.74) is 1.04. The van der Waals surface area contributed by atoms with Crippen molar-refractivity contribution in [2.24, 2.45) is 7.05 Å². The topological polar surface area (TPSA) is 67.4 Å². The lowest BCUT2D eigenvalue weighted by atomic mass is 10.3. The maximum Gasteiger partial charge on any atom is 0.164 e. The molecule has 0 N–H and O–H groups in total. The Hall–Kier alpha value is -1.93. The zero-order valence-corrected chi connectivity index (χ0v) is 8.60. The molecule has 74 valence electrons. The van der Waals surface area contributed by atoms with E-state index in [9.17, 15) is 0 Å². The summed E-state index contributed by atoms with van der Waals surface area (Å²) in [5.74, 6) is 0.465. The second-order valence-corrected chi connectivity index (χ2v) is 3.27. The van der Waals surface area contributed by atoms with Crippen molar-refractivity contribution in [3.8, 4) is 17.5 Å². The smallest absolute Gasteiger partial charge is 0.164 e. The molecule has 5 nitrogen and oxygen atoms in total. The van der Waals surface area contributed by atoms with Crippen molar-refractivity contribution in [3.63, 3.8) is 0 Å². The van der Waals surface area contributed by atoms with E-state index in [1.807, 2.05) is 6.07 Å². The third-order valence-corrected chi connectivity index (χ3v) is 2.11. The van der Waals surface area contributed by atoms with E-state index in [4.69, 9.17) is 16.9 Å². The third-order valence-electron chi connectivity index (χ3n) is 1.83. The fourth-order valence-electron chi connectivity index (χ4n) is 1.11. The third kappa shape index (κ3) is 1.80. The maximum absolute atomic E-state index is 8.65. The minimum absolute atomic E-state index is 0.159. The molecule has 0 aliphatic rings. The minimum atomic E-state index is 0.159. The SMILES string of the molecule is Cn1cc(-c2ncc(C#N)c(Cl)n2)cn1. The summed E-state index contributed by atoms with van der Waals surface area (Å²) >= 11 is 5.79. The van der Waals surface area contributed by atoms with Crippen LogP contribution in [-0.4, -0.2) is 19.7 Å². The Morgan fingerprint density at radius 2 is 2.27 bits per heavy atom. The lowest BCUT2D eigenvalue weighted by Gasteiger charge is -1.97. The van der Waals surface area contributed by atoms with Gasteiger partial charge in [-0.1, -0.05) is 11.6 Å². The monoisotopic (exact) mass is 219 g/mol. The van der Waals surface area contributed by atoms with Gasteiger partial charge in [-0.3, -0.25) is 4.68 Å². The molecule has 0 unspecified atom stereocenters. The molecule has 0 aliphatic carbocycles. The Morgan fingerprint density at radius 3 is 2.80 bits per heavy atom. The number of rotatable bonds is 1. The summed E-state index contributed by atoms with van der Waals surface area (Å²) in [6, 6.07) is 1.90. The summed E-state index contributed by atoms with van der Waals surface area (Å²) < 4.78 is 1.64. The fraction of sp³-hybridized carbons (Fsp3) is 0.111. The fourth-order valence-corrected chi connectivity index (χ4v) is 1.28. The molecule has 6 heteroatoms. The molecule has 0 saturated carbocycles. The molecule has 0 aromatic carbocycles. The standard InChI is InChI=1S/C9H6ClN5/c1-15-5-7(4-13-15)9-12-3-6(2-11)8(10)14-9/h3-5H,1H3. The number of aryl methyl sites for hydroxylation is 1. The van der Waals surface area contributed by atoms with Gasteiger partial charge in [-0.25, -0.2) is 9.97 Å². The molecule has 0 spiro atoms. The van der Waals surface area contributed by atoms with Gasteiger partial charge in [0, 0.05) is 13.2 Å². The van der Waals surface area contributed by atoms with E-state index in [-0.39, 0.29) is 10.7 Å². The van der Waals surface area contributed by atoms with Gasteiger partial charge >= 0.3 is 0 Å². The van der Waals surface area contributed by atoms with Crippen LogP contribution in [0.15, 0.2) is 18.6 Å². The van der Waals surface area contributed by atoms with Crippen LogP contribution in [0.4, 0.5) is 0 Å². The van der Waals surface area contributed by atoms with E-state index in [0.717, 1.165) is 5.56 Å². The molecule has 0 fully saturated rings. The van der Waals surface area contributed by atoms with Crippen LogP contribution in [0.2, 0.25) is 5.15 Å². The van der Waals surface area contributed by atoms with Gasteiger partial charge in [-0.05, 0) is 0 Å². The van der Waals surface area contributed by atoms with E-state index in [1.165, 1.54) is 6.20 Å². The molecular formula is C9H6ClN5. The van der Waals surface area contributed by atoms with Crippen LogP contribution >= 0.6 is 11.6 Å². The molecule has 15 heavy (non-hydrogen) atoms. The van der Waals surface area contributed by atoms with Gasteiger partial charge in [0.1, 0.15) is 11.6 Å². The molecule has 0 aliphatic heterocycles. The zero-order chi connectivity index (χ0) is 10.8. The van der Waals surface area contributed by atoms with Crippen LogP contribution in [0.25, 0.3) is 11.4 Å². The number of hydrogen-bond donors (Lipinski definition) is 0. The Labute approximate surface area is 91.0 Å². The highest BCUT2D eigenvalue weighted by Crippen LogP contribution is 2.17. The summed E-state index contributed by atoms with van der Waals surface area (Å²) in [6.45, 7) is 0. The number of nitriles is 1. The summed E-state index contributed by atoms with van der Waals surface area (Å²) in [4.78, 5) is 8.03. The minimum Gasteiger partial charge on any atom is -0.275 e. The molecule has 0 saturated heterocycles. The summed E-state index contributed by atoms with van der Waals surface area (Å²) in [6.07, 6.45) is 4.81. The lowest BCUT2D eigenvalue weighted by molar-refractivity contribution is 0.768. The van der Waals surface area contributed by atoms with E-state index >= 15 is 0 Å². The molecule has 0 atom stereocenters. The van der Waals surface area contributed by atoms with Crippen LogP contribution in [-0.2, 0) is 7.05 Å². The summed E-state index contributed by atoms with van der Waals surface area (Å²) in [5, 5.41) is 12.8.